The van der Waals surface area contributed by atoms with Gasteiger partial charge >= 0.3 is 5.97 Å². The van der Waals surface area contributed by atoms with Crippen LogP contribution in [0.2, 0.25) is 0 Å². The summed E-state index contributed by atoms with van der Waals surface area (Å²) in [4.78, 5) is 13.6. The summed E-state index contributed by atoms with van der Waals surface area (Å²) >= 11 is 3.60. The number of ether oxygens (including phenoxy) is 1. The van der Waals surface area contributed by atoms with Crippen molar-refractivity contribution in [3.8, 4) is 5.75 Å². The number of carboxylic acid groups (broad SMARTS) is 1. The van der Waals surface area contributed by atoms with Gasteiger partial charge in [-0.1, -0.05) is 22.0 Å². The minimum atomic E-state index is -0.687. The highest BCUT2D eigenvalue weighted by molar-refractivity contribution is 9.10. The molecule has 1 aromatic rings. The van der Waals surface area contributed by atoms with Crippen LogP contribution in [0.15, 0.2) is 22.7 Å². The Morgan fingerprint density at radius 2 is 2.19 bits per heavy atom. The summed E-state index contributed by atoms with van der Waals surface area (Å²) in [6.45, 7) is 4.91. The molecule has 1 saturated heterocycles. The number of halogens is 1. The summed E-state index contributed by atoms with van der Waals surface area (Å²) in [6.07, 6.45) is 1.69. The molecule has 1 fully saturated rings. The molecular formula is C16H22BrNO3. The van der Waals surface area contributed by atoms with E-state index in [1.165, 1.54) is 0 Å². The normalized spacial score (nSPS) is 24.6. The van der Waals surface area contributed by atoms with E-state index < -0.39 is 5.97 Å². The molecule has 1 heterocycles. The van der Waals surface area contributed by atoms with Crippen molar-refractivity contribution >= 4 is 21.9 Å². The molecule has 0 spiro atoms. The summed E-state index contributed by atoms with van der Waals surface area (Å²) < 4.78 is 6.22. The number of benzene rings is 1. The Morgan fingerprint density at radius 1 is 1.48 bits per heavy atom. The Kier molecular flexibility index (Phi) is 5.27. The Labute approximate surface area is 134 Å². The van der Waals surface area contributed by atoms with Crippen molar-refractivity contribution in [1.82, 2.24) is 4.90 Å². The largest absolute Gasteiger partial charge is 0.497 e. The highest BCUT2D eigenvalue weighted by Gasteiger charge is 2.33. The van der Waals surface area contributed by atoms with Gasteiger partial charge in [0.2, 0.25) is 0 Å². The smallest absolute Gasteiger partial charge is 0.307 e. The van der Waals surface area contributed by atoms with Crippen molar-refractivity contribution in [2.75, 3.05) is 13.7 Å². The van der Waals surface area contributed by atoms with Crippen molar-refractivity contribution in [2.45, 2.75) is 38.8 Å². The average Bonchev–Trinajstić information content (AvgIpc) is 2.46. The summed E-state index contributed by atoms with van der Waals surface area (Å²) in [5.74, 6) is -0.137. The molecule has 1 N–H and O–H groups in total. The van der Waals surface area contributed by atoms with Gasteiger partial charge in [0.1, 0.15) is 5.75 Å². The van der Waals surface area contributed by atoms with Crippen LogP contribution < -0.4 is 4.74 Å². The van der Waals surface area contributed by atoms with Crippen molar-refractivity contribution < 1.29 is 14.6 Å². The van der Waals surface area contributed by atoms with Crippen molar-refractivity contribution in [2.24, 2.45) is 5.92 Å². The second kappa shape index (κ2) is 6.79. The molecule has 4 nitrogen and oxygen atoms in total. The SMILES string of the molecule is COc1ccc(C(C)N2CC(C(=O)O)CCC2C)c(Br)c1. The van der Waals surface area contributed by atoms with Gasteiger partial charge in [-0.15, -0.1) is 0 Å². The third-order valence-electron chi connectivity index (χ3n) is 4.43. The van der Waals surface area contributed by atoms with E-state index in [4.69, 9.17) is 4.74 Å². The fraction of sp³-hybridized carbons (Fsp3) is 0.562. The van der Waals surface area contributed by atoms with Gasteiger partial charge in [-0.2, -0.15) is 0 Å². The second-order valence-corrected chi connectivity index (χ2v) is 6.58. The van der Waals surface area contributed by atoms with Crippen LogP contribution >= 0.6 is 15.9 Å². The predicted molar refractivity (Wildman–Crippen MR) is 85.6 cm³/mol. The number of nitrogens with zero attached hydrogens (tertiary/aromatic N) is 1. The van der Waals surface area contributed by atoms with Gasteiger partial charge in [0.15, 0.2) is 0 Å². The van der Waals surface area contributed by atoms with Gasteiger partial charge in [0, 0.05) is 23.1 Å². The second-order valence-electron chi connectivity index (χ2n) is 5.72. The van der Waals surface area contributed by atoms with E-state index in [9.17, 15) is 9.90 Å². The van der Waals surface area contributed by atoms with E-state index >= 15 is 0 Å². The number of hydrogen-bond donors (Lipinski definition) is 1. The van der Waals surface area contributed by atoms with E-state index in [-0.39, 0.29) is 12.0 Å². The first-order chi connectivity index (χ1) is 9.93. The van der Waals surface area contributed by atoms with Crippen LogP contribution in [0.1, 0.15) is 38.3 Å². The molecule has 1 aliphatic rings. The van der Waals surface area contributed by atoms with Crippen LogP contribution in [0, 0.1) is 5.92 Å². The lowest BCUT2D eigenvalue weighted by Gasteiger charge is -2.41. The molecule has 0 aliphatic carbocycles. The predicted octanol–water partition coefficient (Wildman–Crippen LogP) is 3.70. The Morgan fingerprint density at radius 3 is 2.76 bits per heavy atom. The van der Waals surface area contributed by atoms with Gasteiger partial charge in [-0.25, -0.2) is 0 Å². The minimum absolute atomic E-state index is 0.169. The Hall–Kier alpha value is -1.07. The van der Waals surface area contributed by atoms with Crippen LogP contribution in [-0.2, 0) is 4.79 Å². The molecule has 1 aliphatic heterocycles. The fourth-order valence-electron chi connectivity index (χ4n) is 3.03. The van der Waals surface area contributed by atoms with E-state index in [1.807, 2.05) is 18.2 Å². The molecule has 1 aromatic carbocycles. The number of piperidine rings is 1. The number of aliphatic carboxylic acids is 1. The van der Waals surface area contributed by atoms with Crippen LogP contribution in [0.5, 0.6) is 5.75 Å². The number of rotatable bonds is 4. The molecule has 0 saturated carbocycles. The number of carbonyl (C=O) groups is 1. The third-order valence-corrected chi connectivity index (χ3v) is 5.12. The number of hydrogen-bond acceptors (Lipinski definition) is 3. The first-order valence-electron chi connectivity index (χ1n) is 7.26. The molecule has 3 atom stereocenters. The number of methoxy groups -OCH3 is 1. The third kappa shape index (κ3) is 3.58. The monoisotopic (exact) mass is 355 g/mol. The summed E-state index contributed by atoms with van der Waals surface area (Å²) in [5, 5.41) is 9.27. The van der Waals surface area contributed by atoms with Crippen LogP contribution in [0.4, 0.5) is 0 Å². The van der Waals surface area contributed by atoms with Gasteiger partial charge < -0.3 is 9.84 Å². The van der Waals surface area contributed by atoms with Gasteiger partial charge in [-0.05, 0) is 44.4 Å². The quantitative estimate of drug-likeness (QED) is 0.894. The van der Waals surface area contributed by atoms with Gasteiger partial charge in [0.25, 0.3) is 0 Å². The maximum Gasteiger partial charge on any atom is 0.307 e. The Bertz CT molecular complexity index is 520. The topological polar surface area (TPSA) is 49.8 Å². The lowest BCUT2D eigenvalue weighted by Crippen LogP contribution is -2.45. The maximum atomic E-state index is 11.3. The van der Waals surface area contributed by atoms with Gasteiger partial charge in [-0.3, -0.25) is 9.69 Å². The summed E-state index contributed by atoms with van der Waals surface area (Å²) in [6, 6.07) is 6.51. The van der Waals surface area contributed by atoms with E-state index in [0.717, 1.165) is 28.6 Å². The fourth-order valence-corrected chi connectivity index (χ4v) is 3.72. The van der Waals surface area contributed by atoms with Crippen LogP contribution in [0.25, 0.3) is 0 Å². The van der Waals surface area contributed by atoms with E-state index in [1.54, 1.807) is 7.11 Å². The summed E-state index contributed by atoms with van der Waals surface area (Å²) in [5.41, 5.74) is 1.16. The molecular weight excluding hydrogens is 334 g/mol. The first kappa shape index (κ1) is 16.3. The zero-order chi connectivity index (χ0) is 15.6. The molecule has 2 rings (SSSR count). The molecule has 0 radical (unpaired) electrons. The van der Waals surface area contributed by atoms with Crippen LogP contribution in [-0.4, -0.2) is 35.7 Å². The molecule has 0 amide bonds. The highest BCUT2D eigenvalue weighted by Crippen LogP contribution is 2.35. The lowest BCUT2D eigenvalue weighted by molar-refractivity contribution is -0.144. The standard InChI is InChI=1S/C16H22BrNO3/c1-10-4-5-12(16(19)20)9-18(10)11(2)14-7-6-13(21-3)8-15(14)17/h6-8,10-12H,4-5,9H2,1-3H3,(H,19,20). The zero-order valence-electron chi connectivity index (χ0n) is 12.7. The molecule has 3 unspecified atom stereocenters. The Balaban J connectivity index is 2.21. The number of likely N-dealkylation sites (tertiary alicyclic amines) is 1. The van der Waals surface area contributed by atoms with Crippen molar-refractivity contribution in [1.29, 1.82) is 0 Å². The molecule has 0 aromatic heterocycles. The average molecular weight is 356 g/mol. The van der Waals surface area contributed by atoms with E-state index in [2.05, 4.69) is 34.7 Å². The molecule has 21 heavy (non-hydrogen) atoms. The number of carboxylic acids is 1. The van der Waals surface area contributed by atoms with Crippen molar-refractivity contribution in [3.63, 3.8) is 0 Å². The molecule has 5 heteroatoms. The molecule has 116 valence electrons. The molecule has 0 bridgehead atoms. The minimum Gasteiger partial charge on any atom is -0.497 e. The van der Waals surface area contributed by atoms with E-state index in [0.29, 0.717) is 12.6 Å². The zero-order valence-corrected chi connectivity index (χ0v) is 14.3. The van der Waals surface area contributed by atoms with Crippen molar-refractivity contribution in [3.05, 3.63) is 28.2 Å². The van der Waals surface area contributed by atoms with Gasteiger partial charge in [0.05, 0.1) is 13.0 Å². The lowest BCUT2D eigenvalue weighted by atomic mass is 9.91. The first-order valence-corrected chi connectivity index (χ1v) is 8.05. The maximum absolute atomic E-state index is 11.3. The van der Waals surface area contributed by atoms with Crippen LogP contribution in [0.3, 0.4) is 0 Å². The summed E-state index contributed by atoms with van der Waals surface area (Å²) in [7, 11) is 1.65. The highest BCUT2D eigenvalue weighted by atomic mass is 79.9.